The molecule has 3 aromatic rings. The second kappa shape index (κ2) is 9.83. The van der Waals surface area contributed by atoms with Crippen molar-refractivity contribution in [3.8, 4) is 28.3 Å². The number of rotatable bonds is 6. The molecule has 0 bridgehead atoms. The first-order valence-corrected chi connectivity index (χ1v) is 13.5. The molecule has 0 fully saturated rings. The quantitative estimate of drug-likeness (QED) is 0.293. The number of nitrogens with one attached hydrogen (secondary N) is 1. The van der Waals surface area contributed by atoms with E-state index in [1.807, 2.05) is 25.2 Å². The van der Waals surface area contributed by atoms with Crippen LogP contribution in [0.3, 0.4) is 0 Å². The number of anilines is 1. The molecular weight excluding hydrogens is 489 g/mol. The number of halogens is 3. The summed E-state index contributed by atoms with van der Waals surface area (Å²) in [6.45, 7) is 10.4. The lowest BCUT2D eigenvalue weighted by atomic mass is 9.82. The number of hydrogen-bond donors (Lipinski definition) is 1. The van der Waals surface area contributed by atoms with E-state index >= 15 is 0 Å². The summed E-state index contributed by atoms with van der Waals surface area (Å²) in [5.41, 5.74) is 3.23. The van der Waals surface area contributed by atoms with Gasteiger partial charge in [-0.3, -0.25) is 9.78 Å². The molecule has 2 heterocycles. The van der Waals surface area contributed by atoms with E-state index in [0.29, 0.717) is 33.5 Å². The molecule has 0 aliphatic heterocycles. The van der Waals surface area contributed by atoms with Crippen LogP contribution in [0.5, 0.6) is 5.75 Å². The van der Waals surface area contributed by atoms with Crippen LogP contribution in [0.2, 0.25) is 18.1 Å². The number of amides is 1. The molecule has 1 aromatic carbocycles. The predicted octanol–water partition coefficient (Wildman–Crippen LogP) is 6.73. The summed E-state index contributed by atoms with van der Waals surface area (Å²) in [6, 6.07) is 7.41. The maximum Gasteiger partial charge on any atom is 0.274 e. The molecular formula is C22H23Cl3N3O3Si. The minimum atomic E-state index is -1.18. The molecule has 1 N–H and O–H groups in total. The highest BCUT2D eigenvalue weighted by Gasteiger charge is 2.26. The SMILES string of the molecule is C[Si](C)Oc1ccc(C(C)(C)C)c(-c2cc(-c3cncc(NC(=O)C(Cl)Cl)c3)on2)c1Cl. The lowest BCUT2D eigenvalue weighted by Gasteiger charge is -2.24. The van der Waals surface area contributed by atoms with E-state index in [-0.39, 0.29) is 5.41 Å². The smallest absolute Gasteiger partial charge is 0.274 e. The highest BCUT2D eigenvalue weighted by molar-refractivity contribution is 6.54. The highest BCUT2D eigenvalue weighted by atomic mass is 35.5. The maximum absolute atomic E-state index is 11.8. The van der Waals surface area contributed by atoms with Gasteiger partial charge in [0.1, 0.15) is 11.4 Å². The zero-order valence-corrected chi connectivity index (χ0v) is 21.6. The van der Waals surface area contributed by atoms with Gasteiger partial charge in [0.05, 0.1) is 16.9 Å². The van der Waals surface area contributed by atoms with Gasteiger partial charge in [0.15, 0.2) is 10.6 Å². The molecule has 2 aromatic heterocycles. The third kappa shape index (κ3) is 5.64. The van der Waals surface area contributed by atoms with Crippen LogP contribution in [-0.2, 0) is 10.2 Å². The zero-order valence-electron chi connectivity index (χ0n) is 18.3. The van der Waals surface area contributed by atoms with Gasteiger partial charge in [-0.25, -0.2) is 0 Å². The Balaban J connectivity index is 2.04. The van der Waals surface area contributed by atoms with Gasteiger partial charge >= 0.3 is 0 Å². The van der Waals surface area contributed by atoms with Gasteiger partial charge in [0.25, 0.3) is 14.9 Å². The van der Waals surface area contributed by atoms with E-state index < -0.39 is 19.8 Å². The average molecular weight is 512 g/mol. The second-order valence-electron chi connectivity index (χ2n) is 8.39. The molecule has 1 radical (unpaired) electrons. The lowest BCUT2D eigenvalue weighted by molar-refractivity contribution is -0.114. The van der Waals surface area contributed by atoms with Crippen molar-refractivity contribution < 1.29 is 13.7 Å². The van der Waals surface area contributed by atoms with Crippen LogP contribution in [0.15, 0.2) is 41.2 Å². The van der Waals surface area contributed by atoms with Crippen molar-refractivity contribution >= 4 is 55.4 Å². The molecule has 169 valence electrons. The summed E-state index contributed by atoms with van der Waals surface area (Å²) in [4.78, 5) is 14.7. The Hall–Kier alpha value is -2.06. The fraction of sp³-hybridized carbons (Fsp3) is 0.318. The number of carbonyl (C=O) groups is 1. The van der Waals surface area contributed by atoms with Crippen molar-refractivity contribution in [1.29, 1.82) is 0 Å². The molecule has 3 rings (SSSR count). The molecule has 10 heteroatoms. The maximum atomic E-state index is 11.8. The van der Waals surface area contributed by atoms with Gasteiger partial charge in [0, 0.05) is 23.4 Å². The Labute approximate surface area is 203 Å². The number of hydrogen-bond acceptors (Lipinski definition) is 5. The summed E-state index contributed by atoms with van der Waals surface area (Å²) in [6.07, 6.45) is 3.09. The number of carbonyl (C=O) groups excluding carboxylic acids is 1. The monoisotopic (exact) mass is 510 g/mol. The molecule has 0 atom stereocenters. The molecule has 0 spiro atoms. The van der Waals surface area contributed by atoms with Crippen LogP contribution in [0.25, 0.3) is 22.6 Å². The van der Waals surface area contributed by atoms with E-state index in [1.165, 1.54) is 6.20 Å². The van der Waals surface area contributed by atoms with Crippen LogP contribution >= 0.6 is 34.8 Å². The third-order valence-electron chi connectivity index (χ3n) is 4.48. The third-order valence-corrected chi connectivity index (χ3v) is 5.88. The molecule has 0 saturated carbocycles. The van der Waals surface area contributed by atoms with E-state index in [2.05, 4.69) is 36.2 Å². The first-order chi connectivity index (χ1) is 15.0. The van der Waals surface area contributed by atoms with Gasteiger partial charge in [-0.1, -0.05) is 66.8 Å². The predicted molar refractivity (Wildman–Crippen MR) is 131 cm³/mol. The summed E-state index contributed by atoms with van der Waals surface area (Å²) in [7, 11) is -1.00. The van der Waals surface area contributed by atoms with Gasteiger partial charge in [0.2, 0.25) is 0 Å². The van der Waals surface area contributed by atoms with Crippen molar-refractivity contribution in [3.63, 3.8) is 0 Å². The summed E-state index contributed by atoms with van der Waals surface area (Å²) in [5, 5.41) is 7.36. The summed E-state index contributed by atoms with van der Waals surface area (Å²) >= 11 is 18.0. The van der Waals surface area contributed by atoms with Crippen LogP contribution in [-0.4, -0.2) is 29.9 Å². The van der Waals surface area contributed by atoms with E-state index in [1.54, 1.807) is 18.3 Å². The lowest BCUT2D eigenvalue weighted by Crippen LogP contribution is -2.18. The molecule has 0 unspecified atom stereocenters. The van der Waals surface area contributed by atoms with Crippen LogP contribution in [0, 0.1) is 0 Å². The number of aromatic nitrogens is 2. The van der Waals surface area contributed by atoms with E-state index in [0.717, 1.165) is 11.1 Å². The summed E-state index contributed by atoms with van der Waals surface area (Å²) in [5.74, 6) is 0.549. The number of nitrogens with zero attached hydrogens (tertiary/aromatic N) is 2. The minimum absolute atomic E-state index is 0.186. The second-order valence-corrected chi connectivity index (χ2v) is 11.9. The Bertz CT molecular complexity index is 1130. The van der Waals surface area contributed by atoms with Gasteiger partial charge < -0.3 is 14.3 Å². The van der Waals surface area contributed by atoms with Crippen molar-refractivity contribution in [3.05, 3.63) is 47.2 Å². The number of pyridine rings is 1. The molecule has 32 heavy (non-hydrogen) atoms. The average Bonchev–Trinajstić information content (AvgIpc) is 3.18. The van der Waals surface area contributed by atoms with E-state index in [4.69, 9.17) is 43.8 Å². The topological polar surface area (TPSA) is 77.2 Å². The summed E-state index contributed by atoms with van der Waals surface area (Å²) < 4.78 is 11.6. The van der Waals surface area contributed by atoms with Crippen molar-refractivity contribution in [1.82, 2.24) is 10.1 Å². The van der Waals surface area contributed by atoms with Gasteiger partial charge in [-0.15, -0.1) is 0 Å². The first kappa shape index (κ1) is 24.6. The normalized spacial score (nSPS) is 11.8. The molecule has 1 amide bonds. The minimum Gasteiger partial charge on any atom is -0.542 e. The molecule has 0 aliphatic carbocycles. The standard InChI is InChI=1S/C22H23Cl3N3O3Si/c1-22(2,3)14-6-7-16(31-32(4)5)19(23)18(14)15-9-17(30-28-15)12-8-13(11-26-10-12)27-21(29)20(24)25/h6-11,20H,1-5H3,(H,27,29). The Morgan fingerprint density at radius 1 is 1.19 bits per heavy atom. The Kier molecular flexibility index (Phi) is 7.55. The first-order valence-electron chi connectivity index (χ1n) is 9.80. The fourth-order valence-corrected chi connectivity index (χ4v) is 4.18. The van der Waals surface area contributed by atoms with Crippen molar-refractivity contribution in [2.75, 3.05) is 5.32 Å². The van der Waals surface area contributed by atoms with Gasteiger partial charge in [-0.2, -0.15) is 0 Å². The Morgan fingerprint density at radius 3 is 2.53 bits per heavy atom. The number of alkyl halides is 2. The van der Waals surface area contributed by atoms with Crippen LogP contribution in [0.1, 0.15) is 26.3 Å². The molecule has 6 nitrogen and oxygen atoms in total. The molecule has 0 aliphatic rings. The number of benzene rings is 1. The largest absolute Gasteiger partial charge is 0.542 e. The molecule has 0 saturated heterocycles. The Morgan fingerprint density at radius 2 is 1.91 bits per heavy atom. The highest BCUT2D eigenvalue weighted by Crippen LogP contribution is 2.43. The zero-order chi connectivity index (χ0) is 23.6. The van der Waals surface area contributed by atoms with Crippen LogP contribution < -0.4 is 9.74 Å². The van der Waals surface area contributed by atoms with Crippen LogP contribution in [0.4, 0.5) is 5.69 Å². The van der Waals surface area contributed by atoms with Gasteiger partial charge in [-0.05, 0) is 36.2 Å². The van der Waals surface area contributed by atoms with Crippen molar-refractivity contribution in [2.45, 2.75) is 44.1 Å². The fourth-order valence-electron chi connectivity index (χ4n) is 3.10. The van der Waals surface area contributed by atoms with E-state index in [9.17, 15) is 4.79 Å². The van der Waals surface area contributed by atoms with Crippen molar-refractivity contribution in [2.24, 2.45) is 0 Å².